The first-order valence-electron chi connectivity index (χ1n) is 6.70. The van der Waals surface area contributed by atoms with Gasteiger partial charge in [-0.1, -0.05) is 6.92 Å². The first-order valence-corrected chi connectivity index (χ1v) is 6.70. The van der Waals surface area contributed by atoms with Gasteiger partial charge in [0.25, 0.3) is 0 Å². The maximum Gasteiger partial charge on any atom is 0.471 e. The van der Waals surface area contributed by atoms with E-state index >= 15 is 0 Å². The minimum Gasteiger partial charge on any atom is -0.344 e. The molecule has 0 spiro atoms. The van der Waals surface area contributed by atoms with Crippen molar-refractivity contribution in [3.63, 3.8) is 0 Å². The number of carbonyl (C=O) groups is 2. The van der Waals surface area contributed by atoms with E-state index in [4.69, 9.17) is 0 Å². The standard InChI is InChI=1S/C12H16F6N2O2/c1-2-3-9(21)20-6-7(19-10(22)12(16,17)18)4-5-8(20)11(13,14)15/h7-8H,2-6H2,1H3,(H,19,22)/t7-,8+/m1/s1. The van der Waals surface area contributed by atoms with Crippen LogP contribution in [0, 0.1) is 0 Å². The van der Waals surface area contributed by atoms with Crippen LogP contribution >= 0.6 is 0 Å². The zero-order valence-electron chi connectivity index (χ0n) is 11.7. The number of nitrogens with zero attached hydrogens (tertiary/aromatic N) is 1. The normalized spacial score (nSPS) is 23.3. The summed E-state index contributed by atoms with van der Waals surface area (Å²) in [6.07, 6.45) is -10.4. The van der Waals surface area contributed by atoms with Gasteiger partial charge in [0.15, 0.2) is 0 Å². The highest BCUT2D eigenvalue weighted by molar-refractivity contribution is 5.82. The fourth-order valence-corrected chi connectivity index (χ4v) is 2.33. The number of nitrogens with one attached hydrogen (secondary N) is 1. The molecule has 4 nitrogen and oxygen atoms in total. The van der Waals surface area contributed by atoms with Crippen LogP contribution in [0.4, 0.5) is 26.3 Å². The van der Waals surface area contributed by atoms with Crippen molar-refractivity contribution in [3.05, 3.63) is 0 Å². The van der Waals surface area contributed by atoms with Crippen LogP contribution in [0.1, 0.15) is 32.6 Å². The molecule has 0 aromatic rings. The molecule has 0 aromatic heterocycles. The average Bonchev–Trinajstić information content (AvgIpc) is 2.36. The van der Waals surface area contributed by atoms with Gasteiger partial charge in [-0.05, 0) is 19.3 Å². The molecule has 1 saturated heterocycles. The Kier molecular flexibility index (Phi) is 5.69. The SMILES string of the molecule is CCCC(=O)N1C[C@H](NC(=O)C(F)(F)F)CC[C@H]1C(F)(F)F. The molecule has 1 heterocycles. The van der Waals surface area contributed by atoms with E-state index < -0.39 is 49.2 Å². The summed E-state index contributed by atoms with van der Waals surface area (Å²) in [4.78, 5) is 23.1. The molecule has 0 saturated carbocycles. The molecule has 22 heavy (non-hydrogen) atoms. The Morgan fingerprint density at radius 1 is 1.14 bits per heavy atom. The summed E-state index contributed by atoms with van der Waals surface area (Å²) in [7, 11) is 0. The molecular weight excluding hydrogens is 318 g/mol. The molecule has 0 unspecified atom stereocenters. The summed E-state index contributed by atoms with van der Waals surface area (Å²) in [6.45, 7) is 1.03. The second-order valence-electron chi connectivity index (χ2n) is 5.10. The van der Waals surface area contributed by atoms with Crippen LogP contribution in [0.15, 0.2) is 0 Å². The van der Waals surface area contributed by atoms with Gasteiger partial charge in [-0.3, -0.25) is 9.59 Å². The predicted molar refractivity (Wildman–Crippen MR) is 63.7 cm³/mol. The van der Waals surface area contributed by atoms with Crippen LogP contribution in [0.5, 0.6) is 0 Å². The lowest BCUT2D eigenvalue weighted by molar-refractivity contribution is -0.198. The van der Waals surface area contributed by atoms with Gasteiger partial charge in [-0.25, -0.2) is 0 Å². The molecule has 1 fully saturated rings. The number of alkyl halides is 6. The molecule has 1 aliphatic heterocycles. The van der Waals surface area contributed by atoms with Crippen molar-refractivity contribution >= 4 is 11.8 Å². The molecule has 1 aliphatic rings. The van der Waals surface area contributed by atoms with E-state index in [0.29, 0.717) is 11.3 Å². The van der Waals surface area contributed by atoms with Crippen LogP contribution in [0.25, 0.3) is 0 Å². The summed E-state index contributed by atoms with van der Waals surface area (Å²) in [6, 6.07) is -3.17. The molecule has 1 N–H and O–H groups in total. The third-order valence-corrected chi connectivity index (χ3v) is 3.34. The van der Waals surface area contributed by atoms with Crippen LogP contribution < -0.4 is 5.32 Å². The number of piperidine rings is 1. The highest BCUT2D eigenvalue weighted by Gasteiger charge is 2.49. The van der Waals surface area contributed by atoms with Gasteiger partial charge in [-0.2, -0.15) is 26.3 Å². The second-order valence-corrected chi connectivity index (χ2v) is 5.10. The number of likely N-dealkylation sites (tertiary alicyclic amines) is 1. The van der Waals surface area contributed by atoms with Gasteiger partial charge in [0.05, 0.1) is 0 Å². The maximum absolute atomic E-state index is 12.9. The molecule has 0 radical (unpaired) electrons. The van der Waals surface area contributed by atoms with E-state index in [2.05, 4.69) is 0 Å². The molecule has 0 bridgehead atoms. The van der Waals surface area contributed by atoms with Gasteiger partial charge >= 0.3 is 18.3 Å². The third-order valence-electron chi connectivity index (χ3n) is 3.34. The van der Waals surface area contributed by atoms with Gasteiger partial charge in [0, 0.05) is 19.0 Å². The fourth-order valence-electron chi connectivity index (χ4n) is 2.33. The van der Waals surface area contributed by atoms with Gasteiger partial charge in [-0.15, -0.1) is 0 Å². The van der Waals surface area contributed by atoms with Gasteiger partial charge in [0.1, 0.15) is 6.04 Å². The number of amides is 2. The summed E-state index contributed by atoms with van der Waals surface area (Å²) in [5.41, 5.74) is 0. The molecule has 2 atom stereocenters. The molecule has 0 aliphatic carbocycles. The van der Waals surface area contributed by atoms with Crippen LogP contribution in [0.2, 0.25) is 0 Å². The number of halogens is 6. The Labute approximate surface area is 122 Å². The Balaban J connectivity index is 2.82. The summed E-state index contributed by atoms with van der Waals surface area (Å²) in [5.74, 6) is -3.00. The topological polar surface area (TPSA) is 49.4 Å². The van der Waals surface area contributed by atoms with Gasteiger partial charge in [0.2, 0.25) is 5.91 Å². The Hall–Kier alpha value is -1.48. The Morgan fingerprint density at radius 3 is 2.18 bits per heavy atom. The second kappa shape index (κ2) is 6.74. The third kappa shape index (κ3) is 4.77. The van der Waals surface area contributed by atoms with E-state index in [1.807, 2.05) is 0 Å². The molecule has 2 amide bonds. The van der Waals surface area contributed by atoms with Crippen LogP contribution in [0.3, 0.4) is 0 Å². The predicted octanol–water partition coefficient (Wildman–Crippen LogP) is 2.39. The lowest BCUT2D eigenvalue weighted by Crippen LogP contribution is -2.59. The maximum atomic E-state index is 12.9. The summed E-state index contributed by atoms with van der Waals surface area (Å²) in [5, 5.41) is 1.63. The van der Waals surface area contributed by atoms with Gasteiger partial charge < -0.3 is 10.2 Å². The lowest BCUT2D eigenvalue weighted by atomic mass is 9.97. The van der Waals surface area contributed by atoms with Crippen molar-refractivity contribution in [2.24, 2.45) is 0 Å². The number of carbonyl (C=O) groups excluding carboxylic acids is 2. The summed E-state index contributed by atoms with van der Waals surface area (Å²) < 4.78 is 75.3. The highest BCUT2D eigenvalue weighted by Crippen LogP contribution is 2.32. The van der Waals surface area contributed by atoms with Crippen molar-refractivity contribution < 1.29 is 35.9 Å². The number of hydrogen-bond donors (Lipinski definition) is 1. The molecule has 128 valence electrons. The van der Waals surface area contributed by atoms with Crippen LogP contribution in [-0.4, -0.2) is 47.7 Å². The summed E-state index contributed by atoms with van der Waals surface area (Å²) >= 11 is 0. The number of rotatable bonds is 3. The van der Waals surface area contributed by atoms with Crippen molar-refractivity contribution in [1.82, 2.24) is 10.2 Å². The van der Waals surface area contributed by atoms with E-state index in [1.54, 1.807) is 12.2 Å². The molecule has 0 aromatic carbocycles. The Morgan fingerprint density at radius 2 is 1.73 bits per heavy atom. The molecule has 10 heteroatoms. The first kappa shape index (κ1) is 18.6. The zero-order chi connectivity index (χ0) is 17.1. The van der Waals surface area contributed by atoms with E-state index in [1.165, 1.54) is 0 Å². The van der Waals surface area contributed by atoms with Crippen molar-refractivity contribution in [2.75, 3.05) is 6.54 Å². The first-order chi connectivity index (χ1) is 9.96. The lowest BCUT2D eigenvalue weighted by Gasteiger charge is -2.40. The number of hydrogen-bond acceptors (Lipinski definition) is 2. The quantitative estimate of drug-likeness (QED) is 0.806. The van der Waals surface area contributed by atoms with Crippen molar-refractivity contribution in [3.8, 4) is 0 Å². The molecule has 1 rings (SSSR count). The largest absolute Gasteiger partial charge is 0.471 e. The minimum absolute atomic E-state index is 0.132. The van der Waals surface area contributed by atoms with Crippen molar-refractivity contribution in [1.29, 1.82) is 0 Å². The van der Waals surface area contributed by atoms with E-state index in [-0.39, 0.29) is 12.8 Å². The highest BCUT2D eigenvalue weighted by atomic mass is 19.4. The zero-order valence-corrected chi connectivity index (χ0v) is 11.7. The average molecular weight is 334 g/mol. The van der Waals surface area contributed by atoms with Crippen LogP contribution in [-0.2, 0) is 9.59 Å². The van der Waals surface area contributed by atoms with Crippen molar-refractivity contribution in [2.45, 2.75) is 57.0 Å². The fraction of sp³-hybridized carbons (Fsp3) is 0.833. The molecular formula is C12H16F6N2O2. The Bertz CT molecular complexity index is 421. The van der Waals surface area contributed by atoms with E-state index in [0.717, 1.165) is 0 Å². The van der Waals surface area contributed by atoms with E-state index in [9.17, 15) is 35.9 Å². The minimum atomic E-state index is -5.11. The monoisotopic (exact) mass is 334 g/mol. The smallest absolute Gasteiger partial charge is 0.344 e.